The van der Waals surface area contributed by atoms with E-state index in [9.17, 15) is 4.79 Å². The Morgan fingerprint density at radius 1 is 1.20 bits per heavy atom. The first-order chi connectivity index (χ1) is 12.3. The maximum atomic E-state index is 13.6. The lowest BCUT2D eigenvalue weighted by Crippen LogP contribution is -2.44. The Balaban J connectivity index is 1.92. The molecule has 1 atom stereocenters. The van der Waals surface area contributed by atoms with E-state index in [-0.39, 0.29) is 5.56 Å². The van der Waals surface area contributed by atoms with Crippen molar-refractivity contribution in [2.24, 2.45) is 0 Å². The van der Waals surface area contributed by atoms with Gasteiger partial charge in [0.2, 0.25) is 0 Å². The number of thioether (sulfide) groups is 1. The molecule has 0 spiro atoms. The molecule has 0 saturated heterocycles. The predicted molar refractivity (Wildman–Crippen MR) is 113 cm³/mol. The average Bonchev–Trinajstić information content (AvgIpc) is 3.24. The minimum atomic E-state index is 0.174. The lowest BCUT2D eigenvalue weighted by atomic mass is 9.97. The van der Waals surface area contributed by atoms with Crippen molar-refractivity contribution in [3.05, 3.63) is 51.1 Å². The number of nitrogens with zero attached hydrogens (tertiary/aromatic N) is 2. The van der Waals surface area contributed by atoms with Gasteiger partial charge in [-0.3, -0.25) is 0 Å². The SMILES string of the molecule is O=c1c2c3c(sc2[n+]2c(n1-c1ccccc1)SC[C@H]2CI)CCCC3. The quantitative estimate of drug-likeness (QED) is 0.236. The fourth-order valence-corrected chi connectivity index (χ4v) is 7.90. The van der Waals surface area contributed by atoms with Gasteiger partial charge in [-0.15, -0.1) is 0 Å². The van der Waals surface area contributed by atoms with Crippen LogP contribution in [0.5, 0.6) is 0 Å². The van der Waals surface area contributed by atoms with Crippen LogP contribution in [0, 0.1) is 0 Å². The van der Waals surface area contributed by atoms with E-state index in [1.54, 1.807) is 0 Å². The van der Waals surface area contributed by atoms with Crippen LogP contribution in [-0.4, -0.2) is 14.7 Å². The first-order valence-electron chi connectivity index (χ1n) is 8.68. The Morgan fingerprint density at radius 2 is 2.00 bits per heavy atom. The van der Waals surface area contributed by atoms with Crippen LogP contribution >= 0.6 is 45.7 Å². The van der Waals surface area contributed by atoms with Crippen molar-refractivity contribution in [3.63, 3.8) is 0 Å². The van der Waals surface area contributed by atoms with E-state index in [1.165, 1.54) is 28.1 Å². The predicted octanol–water partition coefficient (Wildman–Crippen LogP) is 4.30. The Labute approximate surface area is 168 Å². The lowest BCUT2D eigenvalue weighted by molar-refractivity contribution is -0.722. The van der Waals surface area contributed by atoms with E-state index in [0.29, 0.717) is 6.04 Å². The summed E-state index contributed by atoms with van der Waals surface area (Å²) in [6, 6.07) is 10.6. The molecule has 0 bridgehead atoms. The van der Waals surface area contributed by atoms with Gasteiger partial charge in [-0.05, 0) is 55.1 Å². The van der Waals surface area contributed by atoms with Gasteiger partial charge in [-0.2, -0.15) is 4.57 Å². The number of alkyl halides is 1. The fraction of sp³-hybridized carbons (Fsp3) is 0.368. The molecule has 3 aromatic rings. The summed E-state index contributed by atoms with van der Waals surface area (Å²) in [5.41, 5.74) is 2.49. The molecule has 0 saturated carbocycles. The second-order valence-corrected chi connectivity index (χ2v) is 9.59. The number of hydrogen-bond donors (Lipinski definition) is 0. The molecule has 2 aromatic heterocycles. The van der Waals surface area contributed by atoms with Crippen LogP contribution in [0.4, 0.5) is 0 Å². The molecule has 2 aliphatic rings. The van der Waals surface area contributed by atoms with Crippen molar-refractivity contribution in [1.29, 1.82) is 0 Å². The second kappa shape index (κ2) is 6.39. The smallest absolute Gasteiger partial charge is 0.240 e. The molecule has 0 fully saturated rings. The van der Waals surface area contributed by atoms with Crippen molar-refractivity contribution in [2.75, 3.05) is 10.2 Å². The third-order valence-corrected chi connectivity index (χ3v) is 8.65. The minimum Gasteiger partial charge on any atom is -0.240 e. The Hall–Kier alpha value is -0.860. The molecule has 128 valence electrons. The van der Waals surface area contributed by atoms with E-state index in [2.05, 4.69) is 27.2 Å². The van der Waals surface area contributed by atoms with Crippen LogP contribution in [0.3, 0.4) is 0 Å². The summed E-state index contributed by atoms with van der Waals surface area (Å²) in [4.78, 5) is 16.2. The topological polar surface area (TPSA) is 25.9 Å². The van der Waals surface area contributed by atoms with E-state index >= 15 is 0 Å². The van der Waals surface area contributed by atoms with Gasteiger partial charge in [0.05, 0.1) is 0 Å². The zero-order chi connectivity index (χ0) is 17.0. The number of benzene rings is 1. The third-order valence-electron chi connectivity index (χ3n) is 5.15. The highest BCUT2D eigenvalue weighted by Crippen LogP contribution is 2.37. The number of para-hydroxylation sites is 1. The van der Waals surface area contributed by atoms with Crippen LogP contribution < -0.4 is 10.1 Å². The largest absolute Gasteiger partial charge is 0.352 e. The highest BCUT2D eigenvalue weighted by molar-refractivity contribution is 14.1. The molecule has 25 heavy (non-hydrogen) atoms. The number of aryl methyl sites for hydroxylation is 2. The van der Waals surface area contributed by atoms with Gasteiger partial charge in [0, 0.05) is 15.1 Å². The van der Waals surface area contributed by atoms with E-state index in [4.69, 9.17) is 0 Å². The molecule has 3 nitrogen and oxygen atoms in total. The molecular formula is C19H18IN2OS2+. The summed E-state index contributed by atoms with van der Waals surface area (Å²) >= 11 is 6.18. The zero-order valence-electron chi connectivity index (χ0n) is 13.7. The van der Waals surface area contributed by atoms with Crippen LogP contribution in [-0.2, 0) is 12.8 Å². The first kappa shape index (κ1) is 16.3. The molecular weight excluding hydrogens is 463 g/mol. The van der Waals surface area contributed by atoms with Gasteiger partial charge in [0.1, 0.15) is 17.1 Å². The number of thiophene rings is 1. The fourth-order valence-electron chi connectivity index (χ4n) is 3.95. The van der Waals surface area contributed by atoms with E-state index in [1.807, 2.05) is 58.0 Å². The monoisotopic (exact) mass is 481 g/mol. The second-order valence-electron chi connectivity index (χ2n) is 6.64. The standard InChI is InChI=1S/C19H18IN2OS2/c20-10-13-11-24-19-21(12-6-2-1-3-7-12)17(23)16-14-8-4-5-9-15(14)25-18(16)22(13)19/h1-3,6-7,13H,4-5,8-11H2/q+1/t13-/m1/s1. The summed E-state index contributed by atoms with van der Waals surface area (Å²) in [5, 5.41) is 2.09. The molecule has 0 N–H and O–H groups in total. The maximum absolute atomic E-state index is 13.6. The molecule has 1 aliphatic carbocycles. The van der Waals surface area contributed by atoms with Gasteiger partial charge in [-0.25, -0.2) is 9.36 Å². The van der Waals surface area contributed by atoms with Crippen LogP contribution in [0.25, 0.3) is 15.9 Å². The maximum Gasteiger partial charge on any atom is 0.352 e. The average molecular weight is 481 g/mol. The summed E-state index contributed by atoms with van der Waals surface area (Å²) in [7, 11) is 0. The molecule has 5 rings (SSSR count). The highest BCUT2D eigenvalue weighted by Gasteiger charge is 2.38. The summed E-state index contributed by atoms with van der Waals surface area (Å²) < 4.78 is 5.50. The van der Waals surface area contributed by atoms with Crippen LogP contribution in [0.15, 0.2) is 40.3 Å². The molecule has 0 radical (unpaired) electrons. The number of halogens is 1. The normalized spacial score (nSPS) is 19.2. The van der Waals surface area contributed by atoms with Crippen molar-refractivity contribution in [2.45, 2.75) is 36.9 Å². The molecule has 0 unspecified atom stereocenters. The molecule has 1 aliphatic heterocycles. The third kappa shape index (κ3) is 2.44. The van der Waals surface area contributed by atoms with Gasteiger partial charge in [0.25, 0.3) is 0 Å². The molecule has 3 heterocycles. The number of fused-ring (bicyclic) bond motifs is 5. The van der Waals surface area contributed by atoms with Gasteiger partial charge >= 0.3 is 10.7 Å². The molecule has 1 aromatic carbocycles. The summed E-state index contributed by atoms with van der Waals surface area (Å²) in [5.74, 6) is 1.05. The van der Waals surface area contributed by atoms with Gasteiger partial charge in [0.15, 0.2) is 4.83 Å². The van der Waals surface area contributed by atoms with E-state index < -0.39 is 0 Å². The first-order valence-corrected chi connectivity index (χ1v) is 12.0. The van der Waals surface area contributed by atoms with Gasteiger partial charge in [-0.1, -0.05) is 52.1 Å². The number of aromatic nitrogens is 2. The minimum absolute atomic E-state index is 0.174. The Bertz CT molecular complexity index is 1030. The zero-order valence-corrected chi connectivity index (χ0v) is 17.5. The molecule has 6 heteroatoms. The number of hydrogen-bond acceptors (Lipinski definition) is 3. The van der Waals surface area contributed by atoms with Crippen LogP contribution in [0.2, 0.25) is 0 Å². The van der Waals surface area contributed by atoms with E-state index in [0.717, 1.165) is 39.3 Å². The molecule has 0 amide bonds. The Kier molecular flexibility index (Phi) is 4.17. The van der Waals surface area contributed by atoms with Crippen molar-refractivity contribution in [3.8, 4) is 5.69 Å². The van der Waals surface area contributed by atoms with Crippen molar-refractivity contribution in [1.82, 2.24) is 4.57 Å². The summed E-state index contributed by atoms with van der Waals surface area (Å²) in [6.07, 6.45) is 4.65. The summed E-state index contributed by atoms with van der Waals surface area (Å²) in [6.45, 7) is 0. The van der Waals surface area contributed by atoms with Crippen LogP contribution in [0.1, 0.15) is 29.3 Å². The lowest BCUT2D eigenvalue weighted by Gasteiger charge is -2.11. The van der Waals surface area contributed by atoms with Gasteiger partial charge < -0.3 is 0 Å². The number of rotatable bonds is 2. The van der Waals surface area contributed by atoms with Crippen molar-refractivity contribution >= 4 is 55.9 Å². The van der Waals surface area contributed by atoms with Crippen molar-refractivity contribution < 1.29 is 4.57 Å². The highest BCUT2D eigenvalue weighted by atomic mass is 127. The Morgan fingerprint density at radius 3 is 2.80 bits per heavy atom.